The molecule has 2 heterocycles. The molecule has 0 saturated heterocycles. The van der Waals surface area contributed by atoms with Crippen LogP contribution in [0.1, 0.15) is 24.1 Å². The number of nitrogens with zero attached hydrogens (tertiary/aromatic N) is 2. The Labute approximate surface area is 133 Å². The molecule has 0 aliphatic carbocycles. The third-order valence-corrected chi connectivity index (χ3v) is 4.33. The van der Waals surface area contributed by atoms with E-state index in [1.54, 1.807) is 18.2 Å². The van der Waals surface area contributed by atoms with E-state index in [4.69, 9.17) is 4.74 Å². The van der Waals surface area contributed by atoms with Crippen LogP contribution in [-0.4, -0.2) is 28.3 Å². The van der Waals surface area contributed by atoms with Crippen LogP contribution in [0.5, 0.6) is 11.5 Å². The van der Waals surface area contributed by atoms with Gasteiger partial charge in [0.05, 0.1) is 24.3 Å². The number of para-hydroxylation sites is 1. The van der Waals surface area contributed by atoms with Gasteiger partial charge in [-0.15, -0.1) is 0 Å². The summed E-state index contributed by atoms with van der Waals surface area (Å²) in [7, 11) is 0. The minimum absolute atomic E-state index is 0.0457. The van der Waals surface area contributed by atoms with Crippen LogP contribution < -0.4 is 4.74 Å². The lowest BCUT2D eigenvalue weighted by Crippen LogP contribution is -2.34. The summed E-state index contributed by atoms with van der Waals surface area (Å²) in [5, 5.41) is 15.9. The van der Waals surface area contributed by atoms with Crippen LogP contribution in [-0.2, 0) is 4.79 Å². The van der Waals surface area contributed by atoms with Gasteiger partial charge in [0, 0.05) is 12.5 Å². The third kappa shape index (κ3) is 2.16. The van der Waals surface area contributed by atoms with E-state index >= 15 is 0 Å². The number of ether oxygens (including phenoxy) is 1. The van der Waals surface area contributed by atoms with Crippen LogP contribution in [0.25, 0.3) is 0 Å². The molecular weight excluding hydrogens is 292 g/mol. The Morgan fingerprint density at radius 3 is 2.87 bits per heavy atom. The van der Waals surface area contributed by atoms with E-state index in [1.807, 2.05) is 30.3 Å². The molecule has 0 radical (unpaired) electrons. The summed E-state index contributed by atoms with van der Waals surface area (Å²) < 4.78 is 5.87. The SMILES string of the molecule is CC(=O)N1N=C2c3ccccc3OC[C@H]2[C@H]1c1cccc(O)c1. The number of carbonyl (C=O) groups is 1. The van der Waals surface area contributed by atoms with E-state index in [0.717, 1.165) is 22.6 Å². The van der Waals surface area contributed by atoms with Gasteiger partial charge >= 0.3 is 0 Å². The standard InChI is InChI=1S/C18H16N2O3/c1-11(21)20-18(12-5-4-6-13(22)9-12)15-10-23-16-8-3-2-7-14(16)17(15)19-20/h2-9,15,18,22H,10H2,1H3/t15-,18-/m1/s1. The van der Waals surface area contributed by atoms with Gasteiger partial charge in [0.25, 0.3) is 0 Å². The molecule has 0 fully saturated rings. The fraction of sp³-hybridized carbons (Fsp3) is 0.222. The van der Waals surface area contributed by atoms with Gasteiger partial charge in [0.1, 0.15) is 11.5 Å². The Bertz CT molecular complexity index is 815. The van der Waals surface area contributed by atoms with Crippen LogP contribution in [0.2, 0.25) is 0 Å². The maximum Gasteiger partial charge on any atom is 0.240 e. The van der Waals surface area contributed by atoms with Crippen LogP contribution in [0.3, 0.4) is 0 Å². The summed E-state index contributed by atoms with van der Waals surface area (Å²) in [6.07, 6.45) is 0. The molecule has 5 heteroatoms. The van der Waals surface area contributed by atoms with Gasteiger partial charge in [0.15, 0.2) is 0 Å². The molecule has 2 aromatic rings. The fourth-order valence-corrected chi connectivity index (χ4v) is 3.33. The van der Waals surface area contributed by atoms with Gasteiger partial charge in [0.2, 0.25) is 5.91 Å². The molecule has 2 aromatic carbocycles. The van der Waals surface area contributed by atoms with Crippen molar-refractivity contribution in [3.05, 3.63) is 59.7 Å². The molecule has 2 atom stereocenters. The lowest BCUT2D eigenvalue weighted by atomic mass is 9.86. The average molecular weight is 308 g/mol. The normalized spacial score (nSPS) is 22.0. The first-order valence-corrected chi connectivity index (χ1v) is 7.54. The maximum absolute atomic E-state index is 12.1. The monoisotopic (exact) mass is 308 g/mol. The van der Waals surface area contributed by atoms with Crippen LogP contribution >= 0.6 is 0 Å². The Hall–Kier alpha value is -2.82. The third-order valence-electron chi connectivity index (χ3n) is 4.33. The molecule has 0 saturated carbocycles. The number of phenolic OH excluding ortho intramolecular Hbond substituents is 1. The molecule has 0 aromatic heterocycles. The van der Waals surface area contributed by atoms with Crippen LogP contribution in [0.15, 0.2) is 53.6 Å². The first-order valence-electron chi connectivity index (χ1n) is 7.54. The summed E-state index contributed by atoms with van der Waals surface area (Å²) in [4.78, 5) is 12.1. The number of amides is 1. The predicted octanol–water partition coefficient (Wildman–Crippen LogP) is 2.71. The maximum atomic E-state index is 12.1. The van der Waals surface area contributed by atoms with E-state index in [0.29, 0.717) is 6.61 Å². The minimum atomic E-state index is -0.261. The van der Waals surface area contributed by atoms with Crippen molar-refractivity contribution in [1.29, 1.82) is 0 Å². The van der Waals surface area contributed by atoms with E-state index < -0.39 is 0 Å². The highest BCUT2D eigenvalue weighted by Gasteiger charge is 2.44. The van der Waals surface area contributed by atoms with E-state index in [-0.39, 0.29) is 23.6 Å². The zero-order chi connectivity index (χ0) is 16.0. The fourth-order valence-electron chi connectivity index (χ4n) is 3.33. The zero-order valence-electron chi connectivity index (χ0n) is 12.6. The van der Waals surface area contributed by atoms with Gasteiger partial charge in [-0.1, -0.05) is 24.3 Å². The quantitative estimate of drug-likeness (QED) is 0.881. The zero-order valence-corrected chi connectivity index (χ0v) is 12.6. The van der Waals surface area contributed by atoms with E-state index in [9.17, 15) is 9.90 Å². The number of aromatic hydroxyl groups is 1. The highest BCUT2D eigenvalue weighted by atomic mass is 16.5. The van der Waals surface area contributed by atoms with Crippen molar-refractivity contribution in [2.24, 2.45) is 11.0 Å². The number of hydrogen-bond acceptors (Lipinski definition) is 4. The lowest BCUT2D eigenvalue weighted by Gasteiger charge is -2.29. The van der Waals surface area contributed by atoms with Gasteiger partial charge in [-0.05, 0) is 29.8 Å². The minimum Gasteiger partial charge on any atom is -0.508 e. The van der Waals surface area contributed by atoms with E-state index in [1.165, 1.54) is 11.9 Å². The molecule has 1 N–H and O–H groups in total. The first kappa shape index (κ1) is 13.8. The number of benzene rings is 2. The molecule has 116 valence electrons. The molecule has 2 aliphatic rings. The van der Waals surface area contributed by atoms with Crippen molar-refractivity contribution in [3.63, 3.8) is 0 Å². The highest BCUT2D eigenvalue weighted by Crippen LogP contribution is 2.42. The molecule has 1 amide bonds. The Kier molecular flexibility index (Phi) is 3.08. The average Bonchev–Trinajstić information content (AvgIpc) is 2.95. The van der Waals surface area contributed by atoms with Crippen molar-refractivity contribution < 1.29 is 14.6 Å². The Balaban J connectivity index is 1.82. The van der Waals surface area contributed by atoms with Gasteiger partial charge in [-0.2, -0.15) is 5.10 Å². The topological polar surface area (TPSA) is 62.1 Å². The molecule has 0 unspecified atom stereocenters. The van der Waals surface area contributed by atoms with Crippen molar-refractivity contribution in [1.82, 2.24) is 5.01 Å². The smallest absolute Gasteiger partial charge is 0.240 e. The number of hydrazone groups is 1. The number of fused-ring (bicyclic) bond motifs is 3. The first-order chi connectivity index (χ1) is 11.1. The molecule has 4 rings (SSSR count). The Morgan fingerprint density at radius 2 is 2.09 bits per heavy atom. The number of phenols is 1. The summed E-state index contributed by atoms with van der Waals surface area (Å²) in [5.41, 5.74) is 2.65. The summed E-state index contributed by atoms with van der Waals surface area (Å²) in [6, 6.07) is 14.4. The largest absolute Gasteiger partial charge is 0.508 e. The molecule has 0 bridgehead atoms. The number of hydrogen-bond donors (Lipinski definition) is 1. The summed E-state index contributed by atoms with van der Waals surface area (Å²) in [5.74, 6) is 0.799. The van der Waals surface area contributed by atoms with Crippen molar-refractivity contribution in [2.75, 3.05) is 6.61 Å². The van der Waals surface area contributed by atoms with Gasteiger partial charge < -0.3 is 9.84 Å². The van der Waals surface area contributed by atoms with Crippen molar-refractivity contribution in [3.8, 4) is 11.5 Å². The lowest BCUT2D eigenvalue weighted by molar-refractivity contribution is -0.131. The van der Waals surface area contributed by atoms with E-state index in [2.05, 4.69) is 5.10 Å². The number of rotatable bonds is 1. The second-order valence-electron chi connectivity index (χ2n) is 5.80. The molecule has 2 aliphatic heterocycles. The van der Waals surface area contributed by atoms with Gasteiger partial charge in [-0.25, -0.2) is 5.01 Å². The summed E-state index contributed by atoms with van der Waals surface area (Å²) >= 11 is 0. The van der Waals surface area contributed by atoms with Crippen LogP contribution in [0.4, 0.5) is 0 Å². The highest BCUT2D eigenvalue weighted by molar-refractivity contribution is 6.07. The molecule has 23 heavy (non-hydrogen) atoms. The van der Waals surface area contributed by atoms with Crippen molar-refractivity contribution in [2.45, 2.75) is 13.0 Å². The number of carbonyl (C=O) groups excluding carboxylic acids is 1. The molecular formula is C18H16N2O3. The van der Waals surface area contributed by atoms with Gasteiger partial charge in [-0.3, -0.25) is 4.79 Å². The molecule has 5 nitrogen and oxygen atoms in total. The second kappa shape index (κ2) is 5.12. The van der Waals surface area contributed by atoms with Crippen LogP contribution in [0, 0.1) is 5.92 Å². The predicted molar refractivity (Wildman–Crippen MR) is 85.3 cm³/mol. The Morgan fingerprint density at radius 1 is 1.26 bits per heavy atom. The summed E-state index contributed by atoms with van der Waals surface area (Å²) in [6.45, 7) is 1.96. The van der Waals surface area contributed by atoms with Crippen molar-refractivity contribution >= 4 is 11.6 Å². The molecule has 0 spiro atoms. The second-order valence-corrected chi connectivity index (χ2v) is 5.80.